The summed E-state index contributed by atoms with van der Waals surface area (Å²) in [5.41, 5.74) is 0. The number of hydrogen-bond acceptors (Lipinski definition) is 6. The van der Waals surface area contributed by atoms with Crippen molar-refractivity contribution in [2.75, 3.05) is 26.3 Å². The van der Waals surface area contributed by atoms with Gasteiger partial charge in [0.05, 0.1) is 23.2 Å². The number of nitrogens with zero attached hydrogens (tertiary/aromatic N) is 2. The lowest BCUT2D eigenvalue weighted by Gasteiger charge is -2.41. The van der Waals surface area contributed by atoms with Gasteiger partial charge in [-0.2, -0.15) is 0 Å². The van der Waals surface area contributed by atoms with Gasteiger partial charge in [-0.15, -0.1) is 24.9 Å². The van der Waals surface area contributed by atoms with E-state index in [4.69, 9.17) is 9.84 Å². The summed E-state index contributed by atoms with van der Waals surface area (Å²) in [5.74, 6) is -1.33. The maximum absolute atomic E-state index is 14.2. The number of esters is 1. The van der Waals surface area contributed by atoms with Gasteiger partial charge < -0.3 is 19.6 Å². The normalized spacial score (nSPS) is 30.5. The second-order valence-electron chi connectivity index (χ2n) is 10.7. The molecule has 3 rings (SSSR count). The van der Waals surface area contributed by atoms with Crippen LogP contribution in [0.15, 0.2) is 25.3 Å². The number of allylic oxidation sites excluding steroid dienone is 1. The lowest BCUT2D eigenvalue weighted by Crippen LogP contribution is -2.58. The molecule has 1 N–H and O–H groups in total. The molecule has 8 heteroatoms. The number of aliphatic hydroxyl groups is 1. The van der Waals surface area contributed by atoms with Crippen molar-refractivity contribution in [3.8, 4) is 0 Å². The van der Waals surface area contributed by atoms with Crippen LogP contribution in [0.3, 0.4) is 0 Å². The molecule has 1 spiro atoms. The molecule has 202 valence electrons. The summed E-state index contributed by atoms with van der Waals surface area (Å²) in [5, 5.41) is 9.10. The highest BCUT2D eigenvalue weighted by atomic mass is 32.2. The average molecular weight is 521 g/mol. The number of hydrogen-bond donors (Lipinski definition) is 1. The molecule has 7 nitrogen and oxygen atoms in total. The highest BCUT2D eigenvalue weighted by molar-refractivity contribution is 8.02. The van der Waals surface area contributed by atoms with E-state index in [-0.39, 0.29) is 41.6 Å². The standard InChI is InChI=1S/C28H44N2O5S/c1-6-8-13-17-35-27(34)22-21-18-20(5)28(36-21)23(22)25(32)30(15-11-9-10-12-16-31)24(28)26(33)29(14-7-2)19(3)4/h6-7,19-24,31H,1-2,8-18H2,3-5H3/t20?,21-,22+,23+,24?,28?/m1/s1. The minimum Gasteiger partial charge on any atom is -0.465 e. The zero-order chi connectivity index (χ0) is 26.5. The van der Waals surface area contributed by atoms with E-state index in [0.29, 0.717) is 26.1 Å². The van der Waals surface area contributed by atoms with Crippen molar-refractivity contribution < 1.29 is 24.2 Å². The van der Waals surface area contributed by atoms with Crippen LogP contribution >= 0.6 is 11.8 Å². The van der Waals surface area contributed by atoms with Crippen LogP contribution < -0.4 is 0 Å². The van der Waals surface area contributed by atoms with E-state index >= 15 is 0 Å². The largest absolute Gasteiger partial charge is 0.465 e. The quantitative estimate of drug-likeness (QED) is 0.201. The zero-order valence-electron chi connectivity index (χ0n) is 22.2. The summed E-state index contributed by atoms with van der Waals surface area (Å²) in [6.45, 7) is 15.0. The Morgan fingerprint density at radius 1 is 1.22 bits per heavy atom. The van der Waals surface area contributed by atoms with E-state index in [1.165, 1.54) is 0 Å². The molecule has 2 bridgehead atoms. The number of likely N-dealkylation sites (tertiary alicyclic amines) is 1. The number of ether oxygens (including phenoxy) is 1. The van der Waals surface area contributed by atoms with Crippen molar-refractivity contribution in [1.29, 1.82) is 0 Å². The van der Waals surface area contributed by atoms with Crippen LogP contribution in [-0.2, 0) is 19.1 Å². The highest BCUT2D eigenvalue weighted by Crippen LogP contribution is 2.68. The molecule has 0 aromatic rings. The third-order valence-corrected chi connectivity index (χ3v) is 10.2. The molecule has 3 fully saturated rings. The Labute approximate surface area is 220 Å². The molecule has 6 atom stereocenters. The summed E-state index contributed by atoms with van der Waals surface area (Å²) in [7, 11) is 0. The van der Waals surface area contributed by atoms with Crippen LogP contribution in [0.5, 0.6) is 0 Å². The SMILES string of the molecule is C=CCCCOC(=O)[C@@H]1[C@H]2C(=O)N(CCCCCCO)C(C(=O)N(CC=C)C(C)C)C23S[C@@H]1CC3C. The van der Waals surface area contributed by atoms with Crippen molar-refractivity contribution in [3.63, 3.8) is 0 Å². The lowest BCUT2D eigenvalue weighted by molar-refractivity contribution is -0.154. The number of aliphatic hydroxyl groups excluding tert-OH is 1. The van der Waals surface area contributed by atoms with Crippen LogP contribution in [-0.4, -0.2) is 81.1 Å². The van der Waals surface area contributed by atoms with Gasteiger partial charge in [-0.05, 0) is 51.9 Å². The summed E-state index contributed by atoms with van der Waals surface area (Å²) in [6, 6.07) is -0.629. The maximum atomic E-state index is 14.2. The topological polar surface area (TPSA) is 87.1 Å². The first-order valence-corrected chi connectivity index (χ1v) is 14.4. The molecule has 3 aliphatic rings. The highest BCUT2D eigenvalue weighted by Gasteiger charge is 2.76. The Balaban J connectivity index is 1.93. The molecule has 36 heavy (non-hydrogen) atoms. The van der Waals surface area contributed by atoms with Gasteiger partial charge in [0.25, 0.3) is 0 Å². The lowest BCUT2D eigenvalue weighted by atomic mass is 9.66. The van der Waals surface area contributed by atoms with E-state index in [0.717, 1.165) is 38.5 Å². The fraction of sp³-hybridized carbons (Fsp3) is 0.750. The molecule has 0 radical (unpaired) electrons. The molecule has 3 unspecified atom stereocenters. The van der Waals surface area contributed by atoms with Crippen molar-refractivity contribution in [2.24, 2.45) is 17.8 Å². The first-order valence-electron chi connectivity index (χ1n) is 13.5. The van der Waals surface area contributed by atoms with E-state index in [1.807, 2.05) is 18.7 Å². The van der Waals surface area contributed by atoms with Gasteiger partial charge in [0.2, 0.25) is 11.8 Å². The molecule has 0 aliphatic carbocycles. The van der Waals surface area contributed by atoms with Gasteiger partial charge in [0.15, 0.2) is 0 Å². The Hall–Kier alpha value is -1.80. The number of carbonyl (C=O) groups excluding carboxylic acids is 3. The fourth-order valence-electron chi connectivity index (χ4n) is 6.40. The molecule has 0 aromatic heterocycles. The number of unbranched alkanes of at least 4 members (excludes halogenated alkanes) is 4. The molecule has 0 aromatic carbocycles. The van der Waals surface area contributed by atoms with E-state index in [2.05, 4.69) is 20.1 Å². The van der Waals surface area contributed by atoms with Gasteiger partial charge in [-0.3, -0.25) is 14.4 Å². The Morgan fingerprint density at radius 2 is 1.94 bits per heavy atom. The predicted octanol–water partition coefficient (Wildman–Crippen LogP) is 3.81. The Morgan fingerprint density at radius 3 is 2.58 bits per heavy atom. The number of fused-ring (bicyclic) bond motifs is 1. The molecule has 3 aliphatic heterocycles. The molecular weight excluding hydrogens is 476 g/mol. The number of carbonyl (C=O) groups is 3. The minimum atomic E-state index is -0.622. The van der Waals surface area contributed by atoms with Gasteiger partial charge in [-0.1, -0.05) is 31.9 Å². The molecular formula is C28H44N2O5S. The number of thioether (sulfide) groups is 1. The Kier molecular flexibility index (Phi) is 10.1. The van der Waals surface area contributed by atoms with E-state index < -0.39 is 22.6 Å². The summed E-state index contributed by atoms with van der Waals surface area (Å²) in [6.07, 6.45) is 9.08. The van der Waals surface area contributed by atoms with Crippen molar-refractivity contribution >= 4 is 29.5 Å². The number of rotatable bonds is 15. The van der Waals surface area contributed by atoms with Crippen molar-refractivity contribution in [1.82, 2.24) is 9.80 Å². The number of amides is 2. The van der Waals surface area contributed by atoms with Gasteiger partial charge in [0.1, 0.15) is 6.04 Å². The third-order valence-electron chi connectivity index (χ3n) is 8.09. The molecule has 3 heterocycles. The maximum Gasteiger partial charge on any atom is 0.310 e. The molecule has 3 saturated heterocycles. The third kappa shape index (κ3) is 5.26. The van der Waals surface area contributed by atoms with Crippen LogP contribution in [0.4, 0.5) is 0 Å². The van der Waals surface area contributed by atoms with Crippen molar-refractivity contribution in [2.45, 2.75) is 87.8 Å². The smallest absolute Gasteiger partial charge is 0.310 e. The Bertz CT molecular complexity index is 833. The fourth-order valence-corrected chi connectivity index (χ4v) is 8.81. The van der Waals surface area contributed by atoms with Crippen LogP contribution in [0.25, 0.3) is 0 Å². The second-order valence-corrected chi connectivity index (χ2v) is 12.2. The van der Waals surface area contributed by atoms with Gasteiger partial charge in [0, 0.05) is 31.0 Å². The summed E-state index contributed by atoms with van der Waals surface area (Å²) < 4.78 is 5.02. The minimum absolute atomic E-state index is 0.00485. The van der Waals surface area contributed by atoms with Gasteiger partial charge >= 0.3 is 5.97 Å². The van der Waals surface area contributed by atoms with Crippen molar-refractivity contribution in [3.05, 3.63) is 25.3 Å². The zero-order valence-corrected chi connectivity index (χ0v) is 23.0. The molecule has 2 amide bonds. The first-order chi connectivity index (χ1) is 17.3. The van der Waals surface area contributed by atoms with Crippen LogP contribution in [0.1, 0.15) is 65.7 Å². The molecule has 0 saturated carbocycles. The van der Waals surface area contributed by atoms with Crippen LogP contribution in [0.2, 0.25) is 0 Å². The average Bonchev–Trinajstić information content (AvgIpc) is 3.43. The monoisotopic (exact) mass is 520 g/mol. The first kappa shape index (κ1) is 28.8. The predicted molar refractivity (Wildman–Crippen MR) is 143 cm³/mol. The van der Waals surface area contributed by atoms with E-state index in [1.54, 1.807) is 28.8 Å². The summed E-state index contributed by atoms with van der Waals surface area (Å²) in [4.78, 5) is 45.1. The summed E-state index contributed by atoms with van der Waals surface area (Å²) >= 11 is 1.69. The second kappa shape index (κ2) is 12.6. The van der Waals surface area contributed by atoms with Crippen LogP contribution in [0, 0.1) is 17.8 Å². The van der Waals surface area contributed by atoms with E-state index in [9.17, 15) is 14.4 Å². The van der Waals surface area contributed by atoms with Gasteiger partial charge in [-0.25, -0.2) is 0 Å².